The summed E-state index contributed by atoms with van der Waals surface area (Å²) >= 11 is 0. The number of benzene rings is 1. The van der Waals surface area contributed by atoms with Gasteiger partial charge in [-0.2, -0.15) is 0 Å². The molecule has 64 valence electrons. The summed E-state index contributed by atoms with van der Waals surface area (Å²) in [5.41, 5.74) is 5.30. The molecule has 0 saturated heterocycles. The highest BCUT2D eigenvalue weighted by Crippen LogP contribution is 2.27. The molecule has 1 nitrogen and oxygen atoms in total. The molecule has 13 heavy (non-hydrogen) atoms. The maximum Gasteiger partial charge on any atom is 0.236 e. The van der Waals surface area contributed by atoms with Crippen molar-refractivity contribution in [1.29, 1.82) is 0 Å². The maximum absolute atomic E-state index is 6.81. The van der Waals surface area contributed by atoms with Gasteiger partial charge >= 0.3 is 0 Å². The van der Waals surface area contributed by atoms with Crippen LogP contribution in [-0.4, -0.2) is 6.54 Å². The van der Waals surface area contributed by atoms with E-state index < -0.39 is 0 Å². The Morgan fingerprint density at radius 3 is 3.00 bits per heavy atom. The molecule has 0 amide bonds. The van der Waals surface area contributed by atoms with E-state index in [-0.39, 0.29) is 0 Å². The van der Waals surface area contributed by atoms with Gasteiger partial charge in [-0.15, -0.1) is 0 Å². The lowest BCUT2D eigenvalue weighted by atomic mass is 10.0. The number of aryl methyl sites for hydroxylation is 1. The zero-order valence-corrected chi connectivity index (χ0v) is 7.67. The first kappa shape index (κ1) is 8.07. The SMILES string of the molecule is [C-]#[N+]CC1=Cc2cccc(C)c2C1. The molecule has 0 N–H and O–H groups in total. The summed E-state index contributed by atoms with van der Waals surface area (Å²) in [5.74, 6) is 0. The molecule has 0 aliphatic heterocycles. The van der Waals surface area contributed by atoms with Crippen molar-refractivity contribution in [3.05, 3.63) is 51.9 Å². The summed E-state index contributed by atoms with van der Waals surface area (Å²) in [4.78, 5) is 3.41. The van der Waals surface area contributed by atoms with E-state index in [0.29, 0.717) is 6.54 Å². The van der Waals surface area contributed by atoms with Crippen LogP contribution in [0, 0.1) is 13.5 Å². The minimum Gasteiger partial charge on any atom is -0.312 e. The molecule has 1 aliphatic carbocycles. The molecule has 0 bridgehead atoms. The quantitative estimate of drug-likeness (QED) is 0.569. The lowest BCUT2D eigenvalue weighted by molar-refractivity contribution is 1.13. The zero-order valence-electron chi connectivity index (χ0n) is 7.67. The third kappa shape index (κ3) is 1.36. The molecule has 0 atom stereocenters. The molecule has 0 heterocycles. The Labute approximate surface area is 78.5 Å². The van der Waals surface area contributed by atoms with Crippen LogP contribution in [0.15, 0.2) is 23.8 Å². The molecular formula is C12H11N. The van der Waals surface area contributed by atoms with Gasteiger partial charge < -0.3 is 4.85 Å². The minimum absolute atomic E-state index is 0.550. The summed E-state index contributed by atoms with van der Waals surface area (Å²) in [6.07, 6.45) is 3.13. The predicted molar refractivity (Wildman–Crippen MR) is 54.3 cm³/mol. The van der Waals surface area contributed by atoms with Gasteiger partial charge in [0.1, 0.15) is 0 Å². The van der Waals surface area contributed by atoms with E-state index >= 15 is 0 Å². The van der Waals surface area contributed by atoms with Crippen molar-refractivity contribution in [3.63, 3.8) is 0 Å². The first-order valence-electron chi connectivity index (χ1n) is 4.42. The molecule has 0 spiro atoms. The van der Waals surface area contributed by atoms with Crippen LogP contribution < -0.4 is 0 Å². The molecule has 0 radical (unpaired) electrons. The molecule has 1 aromatic carbocycles. The van der Waals surface area contributed by atoms with E-state index in [1.807, 2.05) is 0 Å². The van der Waals surface area contributed by atoms with Gasteiger partial charge in [0.25, 0.3) is 0 Å². The van der Waals surface area contributed by atoms with Gasteiger partial charge in [-0.25, -0.2) is 6.57 Å². The summed E-state index contributed by atoms with van der Waals surface area (Å²) in [6.45, 7) is 9.49. The Kier molecular flexibility index (Phi) is 1.90. The molecule has 0 saturated carbocycles. The summed E-state index contributed by atoms with van der Waals surface area (Å²) < 4.78 is 0. The van der Waals surface area contributed by atoms with Crippen LogP contribution in [0.5, 0.6) is 0 Å². The Bertz CT molecular complexity index is 408. The van der Waals surface area contributed by atoms with Crippen LogP contribution in [0.1, 0.15) is 16.7 Å². The monoisotopic (exact) mass is 169 g/mol. The molecular weight excluding hydrogens is 158 g/mol. The van der Waals surface area contributed by atoms with Crippen LogP contribution >= 0.6 is 0 Å². The molecule has 2 rings (SSSR count). The predicted octanol–water partition coefficient (Wildman–Crippen LogP) is 2.85. The number of nitrogens with zero attached hydrogens (tertiary/aromatic N) is 1. The lowest BCUT2D eigenvalue weighted by Crippen LogP contribution is -1.90. The van der Waals surface area contributed by atoms with Gasteiger partial charge in [0.05, 0.1) is 0 Å². The van der Waals surface area contributed by atoms with Crippen molar-refractivity contribution >= 4 is 6.08 Å². The number of rotatable bonds is 1. The van der Waals surface area contributed by atoms with Gasteiger partial charge in [0, 0.05) is 12.0 Å². The highest BCUT2D eigenvalue weighted by molar-refractivity contribution is 5.65. The topological polar surface area (TPSA) is 4.36 Å². The molecule has 1 aliphatic rings. The zero-order chi connectivity index (χ0) is 9.26. The average molecular weight is 169 g/mol. The van der Waals surface area contributed by atoms with Gasteiger partial charge in [0.2, 0.25) is 6.54 Å². The molecule has 0 unspecified atom stereocenters. The third-order valence-electron chi connectivity index (χ3n) is 2.49. The first-order valence-corrected chi connectivity index (χ1v) is 4.42. The van der Waals surface area contributed by atoms with Gasteiger partial charge in [0.15, 0.2) is 0 Å². The highest BCUT2D eigenvalue weighted by atomic mass is 14.6. The number of fused-ring (bicyclic) bond motifs is 1. The second-order valence-electron chi connectivity index (χ2n) is 3.44. The lowest BCUT2D eigenvalue weighted by Gasteiger charge is -2.01. The van der Waals surface area contributed by atoms with Crippen LogP contribution in [0.3, 0.4) is 0 Å². The Hall–Kier alpha value is -1.55. The van der Waals surface area contributed by atoms with Crippen molar-refractivity contribution in [2.24, 2.45) is 0 Å². The van der Waals surface area contributed by atoms with Crippen LogP contribution in [0.2, 0.25) is 0 Å². The van der Waals surface area contributed by atoms with Gasteiger partial charge in [-0.1, -0.05) is 18.2 Å². The van der Waals surface area contributed by atoms with E-state index in [4.69, 9.17) is 6.57 Å². The van der Waals surface area contributed by atoms with E-state index in [2.05, 4.69) is 36.0 Å². The standard InChI is InChI=1S/C12H11N/c1-9-4-3-5-11-6-10(8-13-2)7-12(9)11/h3-6H,7-8H2,1H3. The van der Waals surface area contributed by atoms with Gasteiger partial charge in [-0.05, 0) is 29.7 Å². The summed E-state index contributed by atoms with van der Waals surface area (Å²) in [5, 5.41) is 0. The highest BCUT2D eigenvalue weighted by Gasteiger charge is 2.15. The second kappa shape index (κ2) is 3.06. The first-order chi connectivity index (χ1) is 6.31. The fraction of sp³-hybridized carbons (Fsp3) is 0.250. The Morgan fingerprint density at radius 2 is 2.31 bits per heavy atom. The van der Waals surface area contributed by atoms with E-state index in [9.17, 15) is 0 Å². The van der Waals surface area contributed by atoms with E-state index in [1.54, 1.807) is 0 Å². The molecule has 0 aromatic heterocycles. The van der Waals surface area contributed by atoms with Crippen LogP contribution in [0.4, 0.5) is 0 Å². The maximum atomic E-state index is 6.81. The Morgan fingerprint density at radius 1 is 1.46 bits per heavy atom. The van der Waals surface area contributed by atoms with Crippen molar-refractivity contribution in [3.8, 4) is 0 Å². The fourth-order valence-corrected chi connectivity index (χ4v) is 1.80. The van der Waals surface area contributed by atoms with Crippen LogP contribution in [-0.2, 0) is 6.42 Å². The van der Waals surface area contributed by atoms with Crippen molar-refractivity contribution in [2.45, 2.75) is 13.3 Å². The second-order valence-corrected chi connectivity index (χ2v) is 3.44. The largest absolute Gasteiger partial charge is 0.312 e. The normalized spacial score (nSPS) is 13.4. The van der Waals surface area contributed by atoms with Crippen molar-refractivity contribution in [2.75, 3.05) is 6.54 Å². The molecule has 1 aromatic rings. The number of hydrogen-bond donors (Lipinski definition) is 0. The van der Waals surface area contributed by atoms with Gasteiger partial charge in [-0.3, -0.25) is 0 Å². The van der Waals surface area contributed by atoms with Crippen LogP contribution in [0.25, 0.3) is 10.9 Å². The average Bonchev–Trinajstić information content (AvgIpc) is 2.49. The minimum atomic E-state index is 0.550. The Balaban J connectivity index is 2.36. The molecule has 0 fully saturated rings. The molecule has 1 heteroatoms. The van der Waals surface area contributed by atoms with E-state index in [1.165, 1.54) is 22.3 Å². The van der Waals surface area contributed by atoms with E-state index in [0.717, 1.165) is 6.42 Å². The van der Waals surface area contributed by atoms with Crippen molar-refractivity contribution < 1.29 is 0 Å². The third-order valence-corrected chi connectivity index (χ3v) is 2.49. The summed E-state index contributed by atoms with van der Waals surface area (Å²) in [7, 11) is 0. The fourth-order valence-electron chi connectivity index (χ4n) is 1.80. The summed E-state index contributed by atoms with van der Waals surface area (Å²) in [6, 6.07) is 6.33. The number of hydrogen-bond acceptors (Lipinski definition) is 0. The smallest absolute Gasteiger partial charge is 0.236 e. The van der Waals surface area contributed by atoms with Crippen molar-refractivity contribution in [1.82, 2.24) is 0 Å².